The number of fused-ring (bicyclic) bond motifs is 1. The number of anilines is 2. The number of benzene rings is 3. The number of nitrogens with zero attached hydrogens (tertiary/aromatic N) is 1. The predicted octanol–water partition coefficient (Wildman–Crippen LogP) is 5.66. The Balaban J connectivity index is 1.50. The first-order valence-electron chi connectivity index (χ1n) is 10.1. The molecule has 30 heavy (non-hydrogen) atoms. The second-order valence-corrected chi connectivity index (χ2v) is 8.31. The number of thiophene rings is 1. The average Bonchev–Trinajstić information content (AvgIpc) is 3.26. The first-order valence-corrected chi connectivity index (χ1v) is 10.9. The Morgan fingerprint density at radius 1 is 0.900 bits per heavy atom. The van der Waals surface area contributed by atoms with E-state index in [-0.39, 0.29) is 5.91 Å². The van der Waals surface area contributed by atoms with Crippen LogP contribution in [-0.4, -0.2) is 32.2 Å². The third-order valence-electron chi connectivity index (χ3n) is 5.36. The van der Waals surface area contributed by atoms with Crippen LogP contribution in [0.15, 0.2) is 78.9 Å². The number of morpholine rings is 1. The highest BCUT2D eigenvalue weighted by atomic mass is 32.1. The molecular weight excluding hydrogens is 392 g/mol. The minimum Gasteiger partial charge on any atom is -0.378 e. The van der Waals surface area contributed by atoms with Crippen LogP contribution in [0.2, 0.25) is 0 Å². The fourth-order valence-electron chi connectivity index (χ4n) is 3.84. The summed E-state index contributed by atoms with van der Waals surface area (Å²) in [4.78, 5) is 16.2. The van der Waals surface area contributed by atoms with Crippen molar-refractivity contribution >= 4 is 38.7 Å². The summed E-state index contributed by atoms with van der Waals surface area (Å²) in [7, 11) is 0. The zero-order valence-corrected chi connectivity index (χ0v) is 17.3. The van der Waals surface area contributed by atoms with Crippen molar-refractivity contribution < 1.29 is 9.53 Å². The van der Waals surface area contributed by atoms with Gasteiger partial charge in [0.05, 0.1) is 23.1 Å². The molecule has 1 amide bonds. The monoisotopic (exact) mass is 414 g/mol. The largest absolute Gasteiger partial charge is 0.378 e. The van der Waals surface area contributed by atoms with Gasteiger partial charge in [0.15, 0.2) is 0 Å². The van der Waals surface area contributed by atoms with E-state index in [2.05, 4.69) is 34.5 Å². The van der Waals surface area contributed by atoms with Gasteiger partial charge in [-0.2, -0.15) is 0 Å². The maximum Gasteiger partial charge on any atom is 0.265 e. The zero-order valence-electron chi connectivity index (χ0n) is 16.5. The highest BCUT2D eigenvalue weighted by Crippen LogP contribution is 2.39. The van der Waals surface area contributed by atoms with Crippen LogP contribution in [0.5, 0.6) is 0 Å². The molecule has 1 aliphatic heterocycles. The number of carbonyl (C=O) groups excluding carboxylic acids is 1. The first-order chi connectivity index (χ1) is 14.8. The van der Waals surface area contributed by atoms with Gasteiger partial charge in [0.25, 0.3) is 5.91 Å². The molecule has 0 saturated carbocycles. The van der Waals surface area contributed by atoms with E-state index >= 15 is 0 Å². The van der Waals surface area contributed by atoms with Crippen LogP contribution in [0, 0.1) is 0 Å². The topological polar surface area (TPSA) is 41.6 Å². The lowest BCUT2D eigenvalue weighted by atomic mass is 10.1. The predicted molar refractivity (Wildman–Crippen MR) is 125 cm³/mol. The molecule has 0 radical (unpaired) electrons. The third-order valence-corrected chi connectivity index (χ3v) is 6.55. The highest BCUT2D eigenvalue weighted by molar-refractivity contribution is 7.18. The van der Waals surface area contributed by atoms with Crippen molar-refractivity contribution in [2.45, 2.75) is 0 Å². The van der Waals surface area contributed by atoms with Gasteiger partial charge in [0, 0.05) is 29.7 Å². The van der Waals surface area contributed by atoms with Gasteiger partial charge in [-0.25, -0.2) is 0 Å². The van der Waals surface area contributed by atoms with E-state index in [4.69, 9.17) is 4.74 Å². The molecule has 5 heteroatoms. The molecule has 1 saturated heterocycles. The summed E-state index contributed by atoms with van der Waals surface area (Å²) >= 11 is 1.55. The van der Waals surface area contributed by atoms with Gasteiger partial charge in [-0.3, -0.25) is 4.79 Å². The molecule has 4 aromatic rings. The zero-order chi connectivity index (χ0) is 20.3. The van der Waals surface area contributed by atoms with Gasteiger partial charge in [0.1, 0.15) is 0 Å². The SMILES string of the molecule is O=C(Nc1cccc2ccccc12)c1cc(-c2ccccc2)c(N2CCOCC2)s1. The molecule has 150 valence electrons. The van der Waals surface area contributed by atoms with Crippen LogP contribution in [-0.2, 0) is 4.74 Å². The standard InChI is InChI=1S/C25H22N2O2S/c28-24(26-22-12-6-10-18-9-4-5-11-20(18)22)23-17-21(19-7-2-1-3-8-19)25(30-23)27-13-15-29-16-14-27/h1-12,17H,13-16H2,(H,26,28). The normalized spacial score (nSPS) is 14.1. The molecule has 0 spiro atoms. The first kappa shape index (κ1) is 18.9. The molecule has 1 aromatic heterocycles. The van der Waals surface area contributed by atoms with Gasteiger partial charge < -0.3 is 15.0 Å². The van der Waals surface area contributed by atoms with Gasteiger partial charge in [-0.15, -0.1) is 11.3 Å². The molecule has 0 aliphatic carbocycles. The maximum absolute atomic E-state index is 13.2. The van der Waals surface area contributed by atoms with E-state index in [9.17, 15) is 4.79 Å². The molecule has 1 fully saturated rings. The molecule has 2 heterocycles. The Kier molecular flexibility index (Phi) is 5.22. The molecule has 1 aliphatic rings. The molecule has 0 bridgehead atoms. The van der Waals surface area contributed by atoms with Gasteiger partial charge in [0.2, 0.25) is 0 Å². The fourth-order valence-corrected chi connectivity index (χ4v) is 4.96. The second kappa shape index (κ2) is 8.30. The summed E-state index contributed by atoms with van der Waals surface area (Å²) in [6.07, 6.45) is 0. The van der Waals surface area contributed by atoms with E-state index in [0.29, 0.717) is 18.1 Å². The molecule has 5 rings (SSSR count). The van der Waals surface area contributed by atoms with Gasteiger partial charge >= 0.3 is 0 Å². The van der Waals surface area contributed by atoms with Crippen molar-refractivity contribution in [2.75, 3.05) is 36.5 Å². The second-order valence-electron chi connectivity index (χ2n) is 7.28. The summed E-state index contributed by atoms with van der Waals surface area (Å²) in [5.41, 5.74) is 3.06. The quantitative estimate of drug-likeness (QED) is 0.469. The van der Waals surface area contributed by atoms with Crippen LogP contribution in [0.1, 0.15) is 9.67 Å². The number of rotatable bonds is 4. The van der Waals surface area contributed by atoms with Gasteiger partial charge in [-0.1, -0.05) is 66.7 Å². The van der Waals surface area contributed by atoms with E-state index < -0.39 is 0 Å². The average molecular weight is 415 g/mol. The van der Waals surface area contributed by atoms with E-state index in [0.717, 1.165) is 45.7 Å². The van der Waals surface area contributed by atoms with Crippen molar-refractivity contribution in [2.24, 2.45) is 0 Å². The van der Waals surface area contributed by atoms with E-state index in [1.54, 1.807) is 11.3 Å². The Morgan fingerprint density at radius 3 is 2.47 bits per heavy atom. The van der Waals surface area contributed by atoms with Crippen LogP contribution in [0.25, 0.3) is 21.9 Å². The molecule has 0 unspecified atom stereocenters. The smallest absolute Gasteiger partial charge is 0.265 e. The summed E-state index contributed by atoms with van der Waals surface area (Å²) in [6.45, 7) is 3.10. The lowest BCUT2D eigenvalue weighted by Gasteiger charge is -2.28. The van der Waals surface area contributed by atoms with Crippen molar-refractivity contribution in [1.29, 1.82) is 0 Å². The Bertz CT molecular complexity index is 1170. The number of hydrogen-bond acceptors (Lipinski definition) is 4. The van der Waals surface area contributed by atoms with E-state index in [1.165, 1.54) is 0 Å². The van der Waals surface area contributed by atoms with Crippen LogP contribution >= 0.6 is 11.3 Å². The Hall–Kier alpha value is -3.15. The molecule has 3 aromatic carbocycles. The van der Waals surface area contributed by atoms with Gasteiger partial charge in [-0.05, 0) is 23.1 Å². The number of ether oxygens (including phenoxy) is 1. The van der Waals surface area contributed by atoms with Crippen molar-refractivity contribution in [3.8, 4) is 11.1 Å². The number of carbonyl (C=O) groups is 1. The number of hydrogen-bond donors (Lipinski definition) is 1. The van der Waals surface area contributed by atoms with Crippen molar-refractivity contribution in [3.05, 3.63) is 83.7 Å². The number of nitrogens with one attached hydrogen (secondary N) is 1. The van der Waals surface area contributed by atoms with Crippen molar-refractivity contribution in [3.63, 3.8) is 0 Å². The Morgan fingerprint density at radius 2 is 1.63 bits per heavy atom. The summed E-state index contributed by atoms with van der Waals surface area (Å²) in [5, 5.41) is 6.41. The lowest BCUT2D eigenvalue weighted by Crippen LogP contribution is -2.35. The fraction of sp³-hybridized carbons (Fsp3) is 0.160. The summed E-state index contributed by atoms with van der Waals surface area (Å²) < 4.78 is 5.52. The molecular formula is C25H22N2O2S. The minimum atomic E-state index is -0.0759. The van der Waals surface area contributed by atoms with Crippen LogP contribution < -0.4 is 10.2 Å². The Labute approximate surface area is 179 Å². The lowest BCUT2D eigenvalue weighted by molar-refractivity contribution is 0.103. The molecule has 4 nitrogen and oxygen atoms in total. The van der Waals surface area contributed by atoms with Crippen LogP contribution in [0.4, 0.5) is 10.7 Å². The summed E-state index contributed by atoms with van der Waals surface area (Å²) in [5.74, 6) is -0.0759. The molecule has 0 atom stereocenters. The third kappa shape index (κ3) is 3.70. The van der Waals surface area contributed by atoms with Crippen molar-refractivity contribution in [1.82, 2.24) is 0 Å². The number of amides is 1. The molecule has 1 N–H and O–H groups in total. The minimum absolute atomic E-state index is 0.0759. The summed E-state index contributed by atoms with van der Waals surface area (Å²) in [6, 6.07) is 26.4. The maximum atomic E-state index is 13.2. The van der Waals surface area contributed by atoms with Crippen LogP contribution in [0.3, 0.4) is 0 Å². The van der Waals surface area contributed by atoms with E-state index in [1.807, 2.05) is 54.6 Å². The highest BCUT2D eigenvalue weighted by Gasteiger charge is 2.22.